The molecule has 1 radical (unpaired) electrons. The summed E-state index contributed by atoms with van der Waals surface area (Å²) >= 11 is 22.8. The number of hydrogen-bond acceptors (Lipinski definition) is 2. The number of rotatable bonds is 0. The zero-order valence-electron chi connectivity index (χ0n) is 7.71. The van der Waals surface area contributed by atoms with E-state index in [4.69, 9.17) is 56.9 Å². The molecule has 0 bridgehead atoms. The van der Waals surface area contributed by atoms with Crippen LogP contribution in [0.3, 0.4) is 0 Å². The summed E-state index contributed by atoms with van der Waals surface area (Å²) in [5.41, 5.74) is -0.0847. The van der Waals surface area contributed by atoms with E-state index in [0.717, 1.165) is 0 Å². The molecule has 17 heavy (non-hydrogen) atoms. The maximum Gasteiger partial charge on any atom is 0.102 e. The smallest absolute Gasteiger partial charge is 0.102 e. The van der Waals surface area contributed by atoms with Gasteiger partial charge in [-0.25, -0.2) is 0 Å². The Balaban J connectivity index is -0.000000653. The summed E-state index contributed by atoms with van der Waals surface area (Å²) < 4.78 is 0. The topological polar surface area (TPSA) is 111 Å². The molecule has 0 fully saturated rings. The normalized spacial score (nSPS) is 7.65. The van der Waals surface area contributed by atoms with Crippen molar-refractivity contribution in [2.45, 2.75) is 0 Å². The molecule has 0 aliphatic rings. The molecule has 0 amide bonds. The van der Waals surface area contributed by atoms with Crippen LogP contribution >= 0.6 is 46.4 Å². The van der Waals surface area contributed by atoms with Gasteiger partial charge in [0.1, 0.15) is 12.1 Å². The van der Waals surface area contributed by atoms with Gasteiger partial charge in [0, 0.05) is 17.1 Å². The summed E-state index contributed by atoms with van der Waals surface area (Å²) in [7, 11) is 0. The third-order valence-corrected chi connectivity index (χ3v) is 3.19. The standard InChI is InChI=1S/C8Cl4N2.Cu.2H2O/c9-5-3(1-13)6(10)8(12)7(11)4(5)2-14;;;/h;;2*1H2. The summed E-state index contributed by atoms with van der Waals surface area (Å²) in [6.45, 7) is 0. The molecule has 9 heteroatoms. The predicted molar refractivity (Wildman–Crippen MR) is 63.1 cm³/mol. The molecule has 0 atom stereocenters. The van der Waals surface area contributed by atoms with Crippen molar-refractivity contribution in [1.82, 2.24) is 0 Å². The summed E-state index contributed by atoms with van der Waals surface area (Å²) in [6, 6.07) is 3.50. The van der Waals surface area contributed by atoms with Gasteiger partial charge in [-0.05, 0) is 0 Å². The average Bonchev–Trinajstić information content (AvgIpc) is 2.16. The van der Waals surface area contributed by atoms with Crippen molar-refractivity contribution in [3.63, 3.8) is 0 Å². The summed E-state index contributed by atoms with van der Waals surface area (Å²) in [4.78, 5) is 0. The summed E-state index contributed by atoms with van der Waals surface area (Å²) in [5.74, 6) is 0. The maximum atomic E-state index is 8.70. The molecule has 1 rings (SSSR count). The molecule has 0 unspecified atom stereocenters. The zero-order chi connectivity index (χ0) is 10.9. The van der Waals surface area contributed by atoms with Gasteiger partial charge in [-0.3, -0.25) is 0 Å². The fourth-order valence-electron chi connectivity index (χ4n) is 0.830. The van der Waals surface area contributed by atoms with Gasteiger partial charge in [-0.2, -0.15) is 10.5 Å². The minimum atomic E-state index is -0.0746. The van der Waals surface area contributed by atoms with Crippen molar-refractivity contribution in [3.8, 4) is 12.1 Å². The summed E-state index contributed by atoms with van der Waals surface area (Å²) in [5, 5.41) is 17.2. The Kier molecular flexibility index (Phi) is 11.4. The van der Waals surface area contributed by atoms with Crippen molar-refractivity contribution in [2.75, 3.05) is 0 Å². The van der Waals surface area contributed by atoms with E-state index < -0.39 is 0 Å². The fourth-order valence-corrected chi connectivity index (χ4v) is 1.90. The Bertz CT molecular complexity index is 455. The molecule has 1 aromatic rings. The maximum absolute atomic E-state index is 8.70. The van der Waals surface area contributed by atoms with Crippen LogP contribution in [0.5, 0.6) is 0 Å². The Morgan fingerprint density at radius 3 is 1.18 bits per heavy atom. The van der Waals surface area contributed by atoms with E-state index in [1.54, 1.807) is 12.1 Å². The van der Waals surface area contributed by atoms with Crippen molar-refractivity contribution < 1.29 is 28.0 Å². The van der Waals surface area contributed by atoms with Crippen LogP contribution < -0.4 is 0 Å². The Hall–Kier alpha value is -0.201. The first kappa shape index (κ1) is 22.0. The van der Waals surface area contributed by atoms with Crippen LogP contribution in [0.15, 0.2) is 0 Å². The van der Waals surface area contributed by atoms with Crippen molar-refractivity contribution in [1.29, 1.82) is 10.5 Å². The number of halogens is 4. The number of hydrogen-bond donors (Lipinski definition) is 0. The first-order chi connectivity index (χ1) is 6.54. The van der Waals surface area contributed by atoms with Gasteiger partial charge in [0.05, 0.1) is 31.2 Å². The SMILES string of the molecule is N#Cc1c(Cl)c(Cl)c(Cl)c(C#N)c1Cl.O.O.[Cu]. The van der Waals surface area contributed by atoms with Crippen LogP contribution in [0.1, 0.15) is 11.1 Å². The molecule has 0 spiro atoms. The first-order valence-corrected chi connectivity index (χ1v) is 4.72. The first-order valence-electron chi connectivity index (χ1n) is 3.20. The fraction of sp³-hybridized carbons (Fsp3) is 0. The Morgan fingerprint density at radius 1 is 0.647 bits per heavy atom. The number of benzene rings is 1. The molecule has 0 saturated carbocycles. The van der Waals surface area contributed by atoms with E-state index in [0.29, 0.717) is 0 Å². The molecule has 0 aliphatic heterocycles. The van der Waals surface area contributed by atoms with Gasteiger partial charge in [0.25, 0.3) is 0 Å². The van der Waals surface area contributed by atoms with Gasteiger partial charge in [-0.15, -0.1) is 0 Å². The van der Waals surface area contributed by atoms with Gasteiger partial charge in [0.15, 0.2) is 0 Å². The van der Waals surface area contributed by atoms with E-state index in [1.807, 2.05) is 0 Å². The van der Waals surface area contributed by atoms with Gasteiger partial charge >= 0.3 is 0 Å². The van der Waals surface area contributed by atoms with Crippen LogP contribution in [0.25, 0.3) is 0 Å². The minimum Gasteiger partial charge on any atom is -0.412 e. The van der Waals surface area contributed by atoms with E-state index in [9.17, 15) is 0 Å². The molecule has 0 saturated heterocycles. The Labute approximate surface area is 128 Å². The van der Waals surface area contributed by atoms with E-state index in [-0.39, 0.29) is 59.2 Å². The van der Waals surface area contributed by atoms with Crippen LogP contribution in [0, 0.1) is 22.7 Å². The number of nitrogens with zero attached hydrogens (tertiary/aromatic N) is 2. The molecular weight excluding hydrogens is 361 g/mol. The number of nitriles is 2. The minimum absolute atomic E-state index is 0. The molecule has 4 N–H and O–H groups in total. The van der Waals surface area contributed by atoms with Crippen LogP contribution in [0.4, 0.5) is 0 Å². The quantitative estimate of drug-likeness (QED) is 0.399. The molecule has 97 valence electrons. The second kappa shape index (κ2) is 8.83. The third kappa shape index (κ3) is 3.89. The van der Waals surface area contributed by atoms with Crippen molar-refractivity contribution in [2.24, 2.45) is 0 Å². The van der Waals surface area contributed by atoms with Crippen molar-refractivity contribution in [3.05, 3.63) is 31.2 Å². The van der Waals surface area contributed by atoms with Gasteiger partial charge in [0.2, 0.25) is 0 Å². The van der Waals surface area contributed by atoms with Crippen molar-refractivity contribution >= 4 is 46.4 Å². The zero-order valence-corrected chi connectivity index (χ0v) is 11.7. The molecule has 1 aromatic carbocycles. The van der Waals surface area contributed by atoms with Crippen LogP contribution in [0.2, 0.25) is 20.1 Å². The predicted octanol–water partition coefficient (Wildman–Crippen LogP) is 2.39. The van der Waals surface area contributed by atoms with Crippen LogP contribution in [-0.2, 0) is 17.1 Å². The second-order valence-corrected chi connectivity index (χ2v) is 3.74. The van der Waals surface area contributed by atoms with Gasteiger partial charge < -0.3 is 11.0 Å². The largest absolute Gasteiger partial charge is 0.412 e. The van der Waals surface area contributed by atoms with E-state index in [2.05, 4.69) is 0 Å². The van der Waals surface area contributed by atoms with Gasteiger partial charge in [-0.1, -0.05) is 46.4 Å². The van der Waals surface area contributed by atoms with E-state index in [1.165, 1.54) is 0 Å². The third-order valence-electron chi connectivity index (χ3n) is 1.49. The second-order valence-electron chi connectivity index (χ2n) is 2.23. The van der Waals surface area contributed by atoms with E-state index >= 15 is 0 Å². The summed E-state index contributed by atoms with van der Waals surface area (Å²) in [6.07, 6.45) is 0. The average molecular weight is 365 g/mol. The molecule has 0 heterocycles. The molecule has 0 aromatic heterocycles. The Morgan fingerprint density at radius 2 is 0.941 bits per heavy atom. The van der Waals surface area contributed by atoms with Crippen LogP contribution in [-0.4, -0.2) is 11.0 Å². The molecule has 4 nitrogen and oxygen atoms in total. The molecule has 0 aliphatic carbocycles. The molecular formula is C8H4Cl4CuN2O2. The monoisotopic (exact) mass is 363 g/mol.